The van der Waals surface area contributed by atoms with Crippen molar-refractivity contribution in [2.75, 3.05) is 25.1 Å². The summed E-state index contributed by atoms with van der Waals surface area (Å²) >= 11 is 6.15. The fourth-order valence-corrected chi connectivity index (χ4v) is 3.12. The molecule has 0 radical (unpaired) electrons. The molecule has 0 atom stereocenters. The van der Waals surface area contributed by atoms with Gasteiger partial charge >= 0.3 is 0 Å². The summed E-state index contributed by atoms with van der Waals surface area (Å²) in [5.41, 5.74) is 0.816. The number of hydrogen-bond acceptors (Lipinski definition) is 3. The Labute approximate surface area is 174 Å². The molecular weight excluding hydrogens is 473 g/mol. The summed E-state index contributed by atoms with van der Waals surface area (Å²) in [4.78, 5) is 4.55. The van der Waals surface area contributed by atoms with E-state index in [-0.39, 0.29) is 35.1 Å². The molecular formula is C17H29ClIN3O2S. The van der Waals surface area contributed by atoms with E-state index in [4.69, 9.17) is 11.6 Å². The maximum absolute atomic E-state index is 11.3. The van der Waals surface area contributed by atoms with Crippen molar-refractivity contribution in [3.05, 3.63) is 34.9 Å². The number of aliphatic imine (C=N–C) groups is 1. The number of halogens is 2. The van der Waals surface area contributed by atoms with Gasteiger partial charge in [0.25, 0.3) is 0 Å². The Morgan fingerprint density at radius 3 is 2.44 bits per heavy atom. The first-order valence-corrected chi connectivity index (χ1v) is 10.5. The van der Waals surface area contributed by atoms with Crippen LogP contribution in [0.1, 0.15) is 32.8 Å². The van der Waals surface area contributed by atoms with Gasteiger partial charge in [0.2, 0.25) is 0 Å². The van der Waals surface area contributed by atoms with Gasteiger partial charge in [-0.25, -0.2) is 13.4 Å². The fraction of sp³-hybridized carbons (Fsp3) is 0.588. The molecule has 0 aliphatic rings. The Morgan fingerprint density at radius 2 is 1.88 bits per heavy atom. The maximum Gasteiger partial charge on any atom is 0.191 e. The highest BCUT2D eigenvalue weighted by atomic mass is 127. The van der Waals surface area contributed by atoms with Gasteiger partial charge in [0, 0.05) is 24.4 Å². The van der Waals surface area contributed by atoms with Crippen molar-refractivity contribution >= 4 is 51.4 Å². The molecule has 0 saturated carbocycles. The Morgan fingerprint density at radius 1 is 1.24 bits per heavy atom. The molecule has 5 nitrogen and oxygen atoms in total. The number of sulfone groups is 1. The molecule has 1 aromatic carbocycles. The van der Waals surface area contributed by atoms with Crippen molar-refractivity contribution in [1.29, 1.82) is 0 Å². The lowest BCUT2D eigenvalue weighted by Gasteiger charge is -2.25. The number of nitrogens with zero attached hydrogens (tertiary/aromatic N) is 1. The predicted octanol–water partition coefficient (Wildman–Crippen LogP) is 3.47. The van der Waals surface area contributed by atoms with Crippen LogP contribution < -0.4 is 10.6 Å². The van der Waals surface area contributed by atoms with Crippen LogP contribution in [0.25, 0.3) is 0 Å². The summed E-state index contributed by atoms with van der Waals surface area (Å²) < 4.78 is 22.7. The second kappa shape index (κ2) is 11.2. The molecule has 2 N–H and O–H groups in total. The van der Waals surface area contributed by atoms with Gasteiger partial charge in [0.15, 0.2) is 5.96 Å². The van der Waals surface area contributed by atoms with Crippen molar-refractivity contribution < 1.29 is 8.42 Å². The normalized spacial score (nSPS) is 12.4. The predicted molar refractivity (Wildman–Crippen MR) is 118 cm³/mol. The van der Waals surface area contributed by atoms with E-state index in [0.717, 1.165) is 12.1 Å². The number of nitrogens with one attached hydrogen (secondary N) is 2. The molecule has 0 aromatic heterocycles. The summed E-state index contributed by atoms with van der Waals surface area (Å²) in [5, 5.41) is 7.18. The number of hydrogen-bond donors (Lipinski definition) is 2. The van der Waals surface area contributed by atoms with Gasteiger partial charge in [-0.3, -0.25) is 0 Å². The minimum Gasteiger partial charge on any atom is -0.357 e. The quantitative estimate of drug-likeness (QED) is 0.325. The summed E-state index contributed by atoms with van der Waals surface area (Å²) in [6.07, 6.45) is 1.87. The summed E-state index contributed by atoms with van der Waals surface area (Å²) in [6.45, 7) is 7.96. The maximum atomic E-state index is 11.3. The molecule has 0 bridgehead atoms. The van der Waals surface area contributed by atoms with Crippen molar-refractivity contribution in [2.45, 2.75) is 33.7 Å². The number of rotatable bonds is 8. The fourth-order valence-electron chi connectivity index (χ4n) is 2.01. The van der Waals surface area contributed by atoms with Crippen LogP contribution >= 0.6 is 35.6 Å². The Kier molecular flexibility index (Phi) is 11.0. The lowest BCUT2D eigenvalue weighted by atomic mass is 9.90. The molecule has 1 rings (SSSR count). The molecule has 0 heterocycles. The molecule has 144 valence electrons. The van der Waals surface area contributed by atoms with Crippen LogP contribution in [-0.4, -0.2) is 39.5 Å². The van der Waals surface area contributed by atoms with Gasteiger partial charge in [0.1, 0.15) is 9.84 Å². The average Bonchev–Trinajstić information content (AvgIpc) is 2.49. The van der Waals surface area contributed by atoms with Crippen molar-refractivity contribution in [2.24, 2.45) is 10.4 Å². The molecule has 0 aliphatic carbocycles. The molecule has 0 unspecified atom stereocenters. The van der Waals surface area contributed by atoms with E-state index in [1.165, 1.54) is 6.26 Å². The molecule has 0 fully saturated rings. The van der Waals surface area contributed by atoms with Crippen molar-refractivity contribution in [3.8, 4) is 0 Å². The van der Waals surface area contributed by atoms with Crippen LogP contribution in [0.5, 0.6) is 0 Å². The second-order valence-corrected chi connectivity index (χ2v) is 9.35. The highest BCUT2D eigenvalue weighted by molar-refractivity contribution is 14.0. The Balaban J connectivity index is 0.00000576. The summed E-state index contributed by atoms with van der Waals surface area (Å²) in [5.74, 6) is 0.888. The van der Waals surface area contributed by atoms with E-state index in [0.29, 0.717) is 30.5 Å². The first-order chi connectivity index (χ1) is 11.1. The number of benzene rings is 1. The van der Waals surface area contributed by atoms with E-state index >= 15 is 0 Å². The van der Waals surface area contributed by atoms with Crippen LogP contribution in [0.3, 0.4) is 0 Å². The van der Waals surface area contributed by atoms with Gasteiger partial charge in [-0.2, -0.15) is 0 Å². The highest BCUT2D eigenvalue weighted by Crippen LogP contribution is 2.20. The van der Waals surface area contributed by atoms with E-state index in [1.54, 1.807) is 0 Å². The van der Waals surface area contributed by atoms with Gasteiger partial charge in [-0.1, -0.05) is 43.6 Å². The standard InChI is InChI=1S/C17H28ClN3O2S.HI/c1-5-19-16(20-12-14-8-6-7-9-15(14)18)21-13-17(2,3)10-11-24(4,22)23;/h6-9H,5,10-13H2,1-4H3,(H2,19,20,21);1H. The molecule has 0 aliphatic heterocycles. The minimum absolute atomic E-state index is 0. The van der Waals surface area contributed by atoms with Gasteiger partial charge in [-0.05, 0) is 30.4 Å². The van der Waals surface area contributed by atoms with E-state index < -0.39 is 9.84 Å². The highest BCUT2D eigenvalue weighted by Gasteiger charge is 2.20. The third-order valence-corrected chi connectivity index (χ3v) is 4.91. The summed E-state index contributed by atoms with van der Waals surface area (Å²) in [6, 6.07) is 7.63. The zero-order valence-electron chi connectivity index (χ0n) is 15.3. The lowest BCUT2D eigenvalue weighted by Crippen LogP contribution is -2.42. The smallest absolute Gasteiger partial charge is 0.191 e. The lowest BCUT2D eigenvalue weighted by molar-refractivity contribution is 0.348. The molecule has 0 spiro atoms. The van der Waals surface area contributed by atoms with Crippen LogP contribution in [0.4, 0.5) is 0 Å². The molecule has 25 heavy (non-hydrogen) atoms. The van der Waals surface area contributed by atoms with E-state index in [9.17, 15) is 8.42 Å². The molecule has 0 amide bonds. The first kappa shape index (κ1) is 24.5. The van der Waals surface area contributed by atoms with Crippen molar-refractivity contribution in [3.63, 3.8) is 0 Å². The van der Waals surface area contributed by atoms with E-state index in [2.05, 4.69) is 15.6 Å². The van der Waals surface area contributed by atoms with Crippen LogP contribution in [0.2, 0.25) is 5.02 Å². The molecule has 8 heteroatoms. The van der Waals surface area contributed by atoms with E-state index in [1.807, 2.05) is 45.0 Å². The third-order valence-electron chi connectivity index (χ3n) is 3.59. The minimum atomic E-state index is -2.95. The molecule has 0 saturated heterocycles. The van der Waals surface area contributed by atoms with Crippen LogP contribution in [-0.2, 0) is 16.4 Å². The summed E-state index contributed by atoms with van der Waals surface area (Å²) in [7, 11) is -2.95. The van der Waals surface area contributed by atoms with Gasteiger partial charge < -0.3 is 10.6 Å². The molecule has 1 aromatic rings. The van der Waals surface area contributed by atoms with Crippen molar-refractivity contribution in [1.82, 2.24) is 10.6 Å². The average molecular weight is 502 g/mol. The van der Waals surface area contributed by atoms with Gasteiger partial charge in [0.05, 0.1) is 12.3 Å². The zero-order valence-corrected chi connectivity index (χ0v) is 19.2. The first-order valence-electron chi connectivity index (χ1n) is 8.06. The third kappa shape index (κ3) is 10.9. The van der Waals surface area contributed by atoms with Crippen LogP contribution in [0.15, 0.2) is 29.3 Å². The Hall–Kier alpha value is -0.540. The SMILES string of the molecule is CCNC(=NCc1ccccc1Cl)NCC(C)(C)CCS(C)(=O)=O.I. The van der Waals surface area contributed by atoms with Gasteiger partial charge in [-0.15, -0.1) is 24.0 Å². The largest absolute Gasteiger partial charge is 0.357 e. The topological polar surface area (TPSA) is 70.6 Å². The van der Waals surface area contributed by atoms with Crippen LogP contribution in [0, 0.1) is 5.41 Å². The number of guanidine groups is 1. The second-order valence-electron chi connectivity index (χ2n) is 6.68. The Bertz CT molecular complexity index is 664. The monoisotopic (exact) mass is 501 g/mol. The zero-order chi connectivity index (χ0) is 18.2.